The fraction of sp³-hybridized carbons (Fsp3) is 0.500. The van der Waals surface area contributed by atoms with Crippen molar-refractivity contribution >= 4 is 11.7 Å². The molecule has 1 aliphatic rings. The maximum Gasteiger partial charge on any atom is 0.394 e. The summed E-state index contributed by atoms with van der Waals surface area (Å²) < 4.78 is 40.8. The molecule has 1 heterocycles. The van der Waals surface area contributed by atoms with Gasteiger partial charge in [0, 0.05) is 25.5 Å². The minimum atomic E-state index is -4.44. The van der Waals surface area contributed by atoms with Crippen LogP contribution in [-0.2, 0) is 18.3 Å². The summed E-state index contributed by atoms with van der Waals surface area (Å²) in [7, 11) is 1.71. The zero-order valence-corrected chi connectivity index (χ0v) is 15.7. The maximum absolute atomic E-state index is 13.1. The molecule has 7 heteroatoms. The van der Waals surface area contributed by atoms with E-state index in [0.29, 0.717) is 18.2 Å². The van der Waals surface area contributed by atoms with E-state index in [2.05, 4.69) is 10.4 Å². The Morgan fingerprint density at radius 2 is 1.85 bits per heavy atom. The third-order valence-corrected chi connectivity index (χ3v) is 4.99. The van der Waals surface area contributed by atoms with Gasteiger partial charge in [-0.05, 0) is 24.3 Å². The van der Waals surface area contributed by atoms with Gasteiger partial charge in [-0.1, -0.05) is 44.2 Å². The maximum atomic E-state index is 13.1. The molecule has 27 heavy (non-hydrogen) atoms. The fourth-order valence-electron chi connectivity index (χ4n) is 3.14. The Bertz CT molecular complexity index is 821. The summed E-state index contributed by atoms with van der Waals surface area (Å²) in [6.07, 6.45) is -2.42. The second kappa shape index (κ2) is 7.02. The summed E-state index contributed by atoms with van der Waals surface area (Å²) in [6.45, 7) is 2.08. The first kappa shape index (κ1) is 19.5. The van der Waals surface area contributed by atoms with Crippen LogP contribution in [0.2, 0.25) is 0 Å². The van der Waals surface area contributed by atoms with Gasteiger partial charge in [-0.15, -0.1) is 0 Å². The molecular formula is C20H24F3N3O. The van der Waals surface area contributed by atoms with Crippen LogP contribution in [0.5, 0.6) is 0 Å². The highest BCUT2D eigenvalue weighted by Gasteiger charge is 2.48. The molecule has 0 bridgehead atoms. The fourth-order valence-corrected chi connectivity index (χ4v) is 3.14. The molecule has 0 aliphatic heterocycles. The second-order valence-electron chi connectivity index (χ2n) is 7.88. The molecule has 0 saturated heterocycles. The molecule has 2 aromatic rings. The number of nitrogens with zero attached hydrogens (tertiary/aromatic N) is 2. The van der Waals surface area contributed by atoms with Crippen molar-refractivity contribution in [3.05, 3.63) is 47.2 Å². The number of hydrogen-bond acceptors (Lipinski definition) is 2. The van der Waals surface area contributed by atoms with Crippen LogP contribution in [0, 0.1) is 5.41 Å². The second-order valence-corrected chi connectivity index (χ2v) is 7.88. The number of halogens is 3. The summed E-state index contributed by atoms with van der Waals surface area (Å²) in [6, 6.07) is 9.87. The van der Waals surface area contributed by atoms with E-state index in [9.17, 15) is 18.0 Å². The van der Waals surface area contributed by atoms with Crippen molar-refractivity contribution in [3.63, 3.8) is 0 Å². The number of nitrogens with one attached hydrogen (secondary N) is 1. The van der Waals surface area contributed by atoms with Gasteiger partial charge in [0.15, 0.2) is 0 Å². The van der Waals surface area contributed by atoms with E-state index in [1.807, 2.05) is 30.3 Å². The molecule has 4 nitrogen and oxygen atoms in total. The van der Waals surface area contributed by atoms with Crippen LogP contribution in [0.4, 0.5) is 19.0 Å². The minimum absolute atomic E-state index is 0.309. The van der Waals surface area contributed by atoms with Gasteiger partial charge in [0.1, 0.15) is 5.82 Å². The molecular weight excluding hydrogens is 355 g/mol. The summed E-state index contributed by atoms with van der Waals surface area (Å²) in [5, 5.41) is 7.24. The van der Waals surface area contributed by atoms with Crippen molar-refractivity contribution in [2.45, 2.75) is 51.6 Å². The summed E-state index contributed by atoms with van der Waals surface area (Å²) in [5.74, 6) is 0.184. The Hall–Kier alpha value is -2.31. The van der Waals surface area contributed by atoms with Gasteiger partial charge in [0.25, 0.3) is 0 Å². The SMILES string of the molecule is Cn1nc(Cc2ccccc2)c(C2CC2)c1NC(=O)CC(C)(C)C(F)(F)F. The van der Waals surface area contributed by atoms with Gasteiger partial charge < -0.3 is 5.32 Å². The van der Waals surface area contributed by atoms with Gasteiger partial charge >= 0.3 is 6.18 Å². The van der Waals surface area contributed by atoms with E-state index in [1.165, 1.54) is 0 Å². The van der Waals surface area contributed by atoms with Gasteiger partial charge in [0.2, 0.25) is 5.91 Å². The quantitative estimate of drug-likeness (QED) is 0.783. The topological polar surface area (TPSA) is 46.9 Å². The molecule has 1 saturated carbocycles. The Morgan fingerprint density at radius 3 is 2.41 bits per heavy atom. The largest absolute Gasteiger partial charge is 0.394 e. The number of hydrogen-bond donors (Lipinski definition) is 1. The van der Waals surface area contributed by atoms with E-state index in [0.717, 1.165) is 43.5 Å². The van der Waals surface area contributed by atoms with Gasteiger partial charge in [-0.2, -0.15) is 18.3 Å². The molecule has 3 rings (SSSR count). The van der Waals surface area contributed by atoms with E-state index >= 15 is 0 Å². The third kappa shape index (κ3) is 4.34. The van der Waals surface area contributed by atoms with Crippen molar-refractivity contribution in [2.24, 2.45) is 12.5 Å². The summed E-state index contributed by atoms with van der Waals surface area (Å²) in [5.41, 5.74) is 0.854. The Labute approximate surface area is 156 Å². The number of aryl methyl sites for hydroxylation is 1. The number of carbonyl (C=O) groups excluding carboxylic acids is 1. The first-order valence-corrected chi connectivity index (χ1v) is 9.05. The van der Waals surface area contributed by atoms with Crippen LogP contribution in [0.25, 0.3) is 0 Å². The predicted octanol–water partition coefficient (Wildman–Crippen LogP) is 4.81. The first-order chi connectivity index (χ1) is 12.6. The molecule has 1 aliphatic carbocycles. The number of aromatic nitrogens is 2. The van der Waals surface area contributed by atoms with Crippen LogP contribution in [0.3, 0.4) is 0 Å². The zero-order valence-electron chi connectivity index (χ0n) is 15.7. The lowest BCUT2D eigenvalue weighted by Crippen LogP contribution is -2.36. The number of carbonyl (C=O) groups is 1. The highest BCUT2D eigenvalue weighted by molar-refractivity contribution is 5.91. The van der Waals surface area contributed by atoms with E-state index in [1.54, 1.807) is 11.7 Å². The van der Waals surface area contributed by atoms with E-state index in [-0.39, 0.29) is 0 Å². The lowest BCUT2D eigenvalue weighted by Gasteiger charge is -2.26. The monoisotopic (exact) mass is 379 g/mol. The minimum Gasteiger partial charge on any atom is -0.311 e. The van der Waals surface area contributed by atoms with E-state index in [4.69, 9.17) is 0 Å². The zero-order chi connectivity index (χ0) is 19.8. The number of amides is 1. The predicted molar refractivity (Wildman–Crippen MR) is 97.5 cm³/mol. The molecule has 1 aromatic carbocycles. The van der Waals surface area contributed by atoms with Crippen LogP contribution in [0.1, 0.15) is 55.8 Å². The third-order valence-electron chi connectivity index (χ3n) is 4.99. The Balaban J connectivity index is 1.82. The van der Waals surface area contributed by atoms with Gasteiger partial charge in [-0.25, -0.2) is 0 Å². The molecule has 1 aromatic heterocycles. The molecule has 0 spiro atoms. The van der Waals surface area contributed by atoms with Gasteiger partial charge in [0.05, 0.1) is 11.1 Å². The first-order valence-electron chi connectivity index (χ1n) is 9.05. The van der Waals surface area contributed by atoms with Crippen molar-refractivity contribution in [2.75, 3.05) is 5.32 Å². The molecule has 146 valence electrons. The van der Waals surface area contributed by atoms with Crippen LogP contribution >= 0.6 is 0 Å². The van der Waals surface area contributed by atoms with E-state index < -0.39 is 23.9 Å². The highest BCUT2D eigenvalue weighted by Crippen LogP contribution is 2.46. The van der Waals surface area contributed by atoms with Crippen molar-refractivity contribution < 1.29 is 18.0 Å². The number of alkyl halides is 3. The number of anilines is 1. The Kier molecular flexibility index (Phi) is 5.06. The lowest BCUT2D eigenvalue weighted by molar-refractivity contribution is -0.213. The van der Waals surface area contributed by atoms with Crippen LogP contribution in [0.15, 0.2) is 30.3 Å². The lowest BCUT2D eigenvalue weighted by atomic mass is 9.88. The van der Waals surface area contributed by atoms with Crippen LogP contribution < -0.4 is 5.32 Å². The average Bonchev–Trinajstić information content (AvgIpc) is 3.34. The van der Waals surface area contributed by atoms with Crippen molar-refractivity contribution in [1.29, 1.82) is 0 Å². The Morgan fingerprint density at radius 1 is 1.22 bits per heavy atom. The highest BCUT2D eigenvalue weighted by atomic mass is 19.4. The molecule has 1 N–H and O–H groups in total. The molecule has 0 radical (unpaired) electrons. The molecule has 0 unspecified atom stereocenters. The molecule has 1 amide bonds. The summed E-state index contributed by atoms with van der Waals surface area (Å²) >= 11 is 0. The number of benzene rings is 1. The number of rotatable bonds is 6. The molecule has 1 fully saturated rings. The smallest absolute Gasteiger partial charge is 0.311 e. The van der Waals surface area contributed by atoms with Crippen LogP contribution in [-0.4, -0.2) is 21.9 Å². The molecule has 0 atom stereocenters. The summed E-state index contributed by atoms with van der Waals surface area (Å²) in [4.78, 5) is 12.3. The van der Waals surface area contributed by atoms with Crippen molar-refractivity contribution in [1.82, 2.24) is 9.78 Å². The van der Waals surface area contributed by atoms with Crippen molar-refractivity contribution in [3.8, 4) is 0 Å². The standard InChI is InChI=1S/C20H24F3N3O/c1-19(2,20(21,22)23)12-16(27)24-18-17(14-9-10-14)15(25-26(18)3)11-13-7-5-4-6-8-13/h4-8,14H,9-12H2,1-3H3,(H,24,27). The van der Waals surface area contributed by atoms with Gasteiger partial charge in [-0.3, -0.25) is 9.48 Å². The average molecular weight is 379 g/mol. The normalized spacial score (nSPS) is 15.0.